The van der Waals surface area contributed by atoms with Crippen molar-refractivity contribution in [2.45, 2.75) is 50.7 Å². The number of alkyl halides is 6. The van der Waals surface area contributed by atoms with Gasteiger partial charge in [-0.1, -0.05) is 79.0 Å². The number of carbonyl (C=O) groups excluding carboxylic acids is 2. The molecule has 5 N–H and O–H groups in total. The Balaban J connectivity index is 0.000000324. The van der Waals surface area contributed by atoms with Crippen LogP contribution in [0.2, 0.25) is 5.02 Å². The Morgan fingerprint density at radius 1 is 1.00 bits per heavy atom. The van der Waals surface area contributed by atoms with Crippen molar-refractivity contribution < 1.29 is 76.0 Å². The maximum Gasteiger partial charge on any atom is 0.416 e. The SMILES string of the molecule is CC1COc2ccccc2N1C(=O)C(Cl)Cl.CCc1cccc(CC)c1N(COC)C(=O)CCl.O=C(O)CNCP(=O)(O)O.O=C(O)c1cc(Oc2ccc(C(F)(F)F)cc2Cl)ccc1[N+](=O)[O-]. The number of aryl methyl sites for hydroxylation is 2. The zero-order valence-electron chi connectivity index (χ0n) is 36.4. The molecule has 0 aromatic heterocycles. The molecule has 1 heterocycles. The van der Waals surface area contributed by atoms with Gasteiger partial charge >= 0.3 is 25.7 Å². The summed E-state index contributed by atoms with van der Waals surface area (Å²) in [5.74, 6) is -2.78. The molecular formula is C42H46Cl4F3N4O14P. The van der Waals surface area contributed by atoms with E-state index in [1.807, 2.05) is 49.4 Å². The van der Waals surface area contributed by atoms with Crippen molar-refractivity contribution in [2.24, 2.45) is 0 Å². The number of para-hydroxylation sites is 3. The Labute approximate surface area is 407 Å². The zero-order chi connectivity index (χ0) is 51.5. The van der Waals surface area contributed by atoms with E-state index in [2.05, 4.69) is 19.2 Å². The molecule has 4 aromatic rings. The Kier molecular flexibility index (Phi) is 24.0. The van der Waals surface area contributed by atoms with Gasteiger partial charge in [-0.3, -0.25) is 39.3 Å². The number of aliphatic carboxylic acids is 1. The number of nitro groups is 1. The number of nitro benzene ring substituents is 1. The van der Waals surface area contributed by atoms with Crippen molar-refractivity contribution in [3.63, 3.8) is 0 Å². The Bertz CT molecular complexity index is 2410. The van der Waals surface area contributed by atoms with Crippen molar-refractivity contribution in [2.75, 3.05) is 49.0 Å². The van der Waals surface area contributed by atoms with E-state index in [0.717, 1.165) is 65.7 Å². The molecule has 1 unspecified atom stereocenters. The number of halogens is 7. The number of carboxylic acid groups (broad SMARTS) is 2. The van der Waals surface area contributed by atoms with Crippen LogP contribution in [0.25, 0.3) is 0 Å². The average Bonchev–Trinajstić information content (AvgIpc) is 3.27. The molecule has 1 aliphatic heterocycles. The molecule has 2 amide bonds. The molecule has 4 aromatic carbocycles. The fourth-order valence-electron chi connectivity index (χ4n) is 5.87. The molecule has 0 saturated heterocycles. The molecule has 1 aliphatic rings. The van der Waals surface area contributed by atoms with Gasteiger partial charge in [0.2, 0.25) is 5.91 Å². The van der Waals surface area contributed by atoms with Crippen molar-refractivity contribution in [3.8, 4) is 17.2 Å². The van der Waals surface area contributed by atoms with E-state index in [4.69, 9.17) is 80.6 Å². The summed E-state index contributed by atoms with van der Waals surface area (Å²) in [4.78, 5) is 73.1. The van der Waals surface area contributed by atoms with Crippen LogP contribution in [0.4, 0.5) is 30.2 Å². The summed E-state index contributed by atoms with van der Waals surface area (Å²) in [6.45, 7) is 6.29. The van der Waals surface area contributed by atoms with Crippen molar-refractivity contribution in [1.82, 2.24) is 5.32 Å². The van der Waals surface area contributed by atoms with Gasteiger partial charge in [0.15, 0.2) is 4.84 Å². The average molecular weight is 1060 g/mol. The number of nitrogens with zero attached hydrogens (tertiary/aromatic N) is 3. The molecule has 0 spiro atoms. The number of nitrogens with one attached hydrogen (secondary N) is 1. The highest BCUT2D eigenvalue weighted by Crippen LogP contribution is 2.38. The second-order valence-corrected chi connectivity index (χ2v) is 17.2. The largest absolute Gasteiger partial charge is 0.489 e. The summed E-state index contributed by atoms with van der Waals surface area (Å²) in [6, 6.07) is 18.6. The van der Waals surface area contributed by atoms with E-state index in [0.29, 0.717) is 18.4 Å². The number of hydrogen-bond donors (Lipinski definition) is 5. The molecule has 68 heavy (non-hydrogen) atoms. The van der Waals surface area contributed by atoms with E-state index in [-0.39, 0.29) is 47.0 Å². The number of carboxylic acids is 2. The van der Waals surface area contributed by atoms with Crippen LogP contribution in [-0.4, -0.2) is 98.7 Å². The van der Waals surface area contributed by atoms with Crippen LogP contribution in [0.5, 0.6) is 17.2 Å². The highest BCUT2D eigenvalue weighted by Gasteiger charge is 2.33. The van der Waals surface area contributed by atoms with Gasteiger partial charge < -0.3 is 39.1 Å². The fraction of sp³-hybridized carbons (Fsp3) is 0.333. The molecule has 0 fully saturated rings. The fourth-order valence-corrected chi connectivity index (χ4v) is 6.85. The lowest BCUT2D eigenvalue weighted by molar-refractivity contribution is -0.385. The van der Waals surface area contributed by atoms with Crippen LogP contribution in [-0.2, 0) is 42.7 Å². The van der Waals surface area contributed by atoms with Gasteiger partial charge in [0.05, 0.1) is 45.8 Å². The molecule has 18 nitrogen and oxygen atoms in total. The topological polar surface area (TPSA) is 256 Å². The molecular weight excluding hydrogens is 1010 g/mol. The molecule has 0 bridgehead atoms. The maximum absolute atomic E-state index is 12.6. The van der Waals surface area contributed by atoms with Crippen LogP contribution in [0.15, 0.2) is 78.9 Å². The van der Waals surface area contributed by atoms with Gasteiger partial charge in [-0.2, -0.15) is 13.2 Å². The van der Waals surface area contributed by atoms with E-state index in [9.17, 15) is 47.0 Å². The standard InChI is InChI=1S/C14H7ClF3NO5.C14H20ClNO2.C11H11Cl2NO2.C3H8NO5P/c15-10-5-7(14(16,17)18)1-4-12(10)24-8-2-3-11(19(22)23)9(6-8)13(20)21;1-4-11-7-6-8-12(5-2)14(11)16(10-18-3)13(17)9-15;1-7-6-16-9-5-3-2-4-8(9)14(7)11(15)10(12)13;5-3(6)1-4-2-10(7,8)9/h1-6H,(H,20,21);6-8H,4-5,9-10H2,1-3H3;2-5,7,10H,6H2,1H3;4H,1-2H2,(H,5,6)(H2,7,8,9). The van der Waals surface area contributed by atoms with E-state index >= 15 is 0 Å². The molecule has 0 aliphatic carbocycles. The molecule has 1 atom stereocenters. The molecule has 5 rings (SSSR count). The molecule has 26 heteroatoms. The predicted octanol–water partition coefficient (Wildman–Crippen LogP) is 9.14. The minimum absolute atomic E-state index is 0.0371. The molecule has 0 saturated carbocycles. The number of aromatic carboxylic acids is 1. The summed E-state index contributed by atoms with van der Waals surface area (Å²) in [5, 5.41) is 29.4. The van der Waals surface area contributed by atoms with Crippen LogP contribution >= 0.6 is 54.0 Å². The third-order valence-electron chi connectivity index (χ3n) is 8.85. The monoisotopic (exact) mass is 1060 g/mol. The van der Waals surface area contributed by atoms with Crippen molar-refractivity contribution in [3.05, 3.63) is 116 Å². The maximum atomic E-state index is 12.6. The third-order valence-corrected chi connectivity index (χ3v) is 10.4. The summed E-state index contributed by atoms with van der Waals surface area (Å²) in [5.41, 5.74) is 1.71. The van der Waals surface area contributed by atoms with Gasteiger partial charge in [-0.05, 0) is 67.3 Å². The number of rotatable bonds is 15. The van der Waals surface area contributed by atoms with Crippen LogP contribution in [0.3, 0.4) is 0 Å². The number of benzene rings is 4. The number of fused-ring (bicyclic) bond motifs is 1. The summed E-state index contributed by atoms with van der Waals surface area (Å²) in [6.07, 6.45) is -3.43. The quantitative estimate of drug-likeness (QED) is 0.0245. The normalized spacial score (nSPS) is 12.9. The Morgan fingerprint density at radius 3 is 2.10 bits per heavy atom. The first-order valence-corrected chi connectivity index (χ1v) is 23.2. The number of anilines is 2. The second kappa shape index (κ2) is 27.7. The summed E-state index contributed by atoms with van der Waals surface area (Å²) >= 11 is 22.7. The van der Waals surface area contributed by atoms with Gasteiger partial charge in [0, 0.05) is 19.2 Å². The number of amides is 2. The van der Waals surface area contributed by atoms with Crippen LogP contribution in [0, 0.1) is 10.1 Å². The number of methoxy groups -OCH3 is 1. The summed E-state index contributed by atoms with van der Waals surface area (Å²) in [7, 11) is -2.52. The smallest absolute Gasteiger partial charge is 0.416 e. The second-order valence-electron chi connectivity index (χ2n) is 13.8. The minimum atomic E-state index is -4.58. The molecule has 0 radical (unpaired) electrons. The van der Waals surface area contributed by atoms with E-state index in [1.165, 1.54) is 0 Å². The third kappa shape index (κ3) is 18.4. The van der Waals surface area contributed by atoms with Gasteiger partial charge in [-0.25, -0.2) is 4.79 Å². The predicted molar refractivity (Wildman–Crippen MR) is 249 cm³/mol. The Morgan fingerprint density at radius 2 is 1.62 bits per heavy atom. The van der Waals surface area contributed by atoms with Gasteiger partial charge in [0.1, 0.15) is 42.0 Å². The molecule has 372 valence electrons. The summed E-state index contributed by atoms with van der Waals surface area (Å²) < 4.78 is 63.6. The van der Waals surface area contributed by atoms with E-state index < -0.39 is 65.1 Å². The van der Waals surface area contributed by atoms with Crippen LogP contribution < -0.4 is 24.6 Å². The minimum Gasteiger partial charge on any atom is -0.489 e. The van der Waals surface area contributed by atoms with E-state index in [1.54, 1.807) is 16.9 Å². The first-order chi connectivity index (χ1) is 31.8. The first kappa shape index (κ1) is 58.9. The number of ether oxygens (including phenoxy) is 3. The lowest BCUT2D eigenvalue weighted by Crippen LogP contribution is -2.47. The number of hydrogen-bond acceptors (Lipinski definition) is 11. The Hall–Kier alpha value is -5.22. The van der Waals surface area contributed by atoms with Crippen molar-refractivity contribution >= 4 is 94.8 Å². The lowest BCUT2D eigenvalue weighted by Gasteiger charge is -2.35. The lowest BCUT2D eigenvalue weighted by atomic mass is 10.0. The van der Waals surface area contributed by atoms with Crippen LogP contribution in [0.1, 0.15) is 47.8 Å². The van der Waals surface area contributed by atoms with Gasteiger partial charge in [0.25, 0.3) is 11.6 Å². The highest BCUT2D eigenvalue weighted by atomic mass is 35.5. The first-order valence-electron chi connectivity index (χ1n) is 19.6. The highest BCUT2D eigenvalue weighted by molar-refractivity contribution is 7.51. The van der Waals surface area contributed by atoms with Crippen molar-refractivity contribution in [1.29, 1.82) is 0 Å². The van der Waals surface area contributed by atoms with Gasteiger partial charge in [-0.15, -0.1) is 11.6 Å². The number of carbonyl (C=O) groups is 4. The zero-order valence-corrected chi connectivity index (χ0v) is 40.3.